The standard InChI is InChI=1S/C15H10ClN3O7/c1-26-15(21)9-4-8(5-11(6-9)19(24)25)14(20)17-13-7-10(18(22)23)2-3-12(13)16/h2-7H,1H3,(H,17,20). The first-order chi connectivity index (χ1) is 12.2. The van der Waals surface area contributed by atoms with Crippen LogP contribution >= 0.6 is 11.6 Å². The molecule has 0 bridgehead atoms. The van der Waals surface area contributed by atoms with E-state index in [0.717, 1.165) is 37.4 Å². The normalized spacial score (nSPS) is 10.1. The number of nitro groups is 2. The smallest absolute Gasteiger partial charge is 0.338 e. The van der Waals surface area contributed by atoms with Crippen LogP contribution in [0.3, 0.4) is 0 Å². The van der Waals surface area contributed by atoms with Crippen molar-refractivity contribution in [3.63, 3.8) is 0 Å². The first kappa shape index (κ1) is 18.8. The second kappa shape index (κ2) is 7.57. The van der Waals surface area contributed by atoms with Crippen LogP contribution in [0.4, 0.5) is 17.1 Å². The lowest BCUT2D eigenvalue weighted by molar-refractivity contribution is -0.385. The monoisotopic (exact) mass is 379 g/mol. The van der Waals surface area contributed by atoms with Gasteiger partial charge in [0.2, 0.25) is 0 Å². The number of nitro benzene ring substituents is 2. The third kappa shape index (κ3) is 4.11. The molecule has 10 nitrogen and oxygen atoms in total. The Bertz CT molecular complexity index is 929. The summed E-state index contributed by atoms with van der Waals surface area (Å²) in [6.45, 7) is 0. The summed E-state index contributed by atoms with van der Waals surface area (Å²) in [5, 5.41) is 24.2. The average molecular weight is 380 g/mol. The van der Waals surface area contributed by atoms with Gasteiger partial charge in [-0.2, -0.15) is 0 Å². The van der Waals surface area contributed by atoms with E-state index in [1.54, 1.807) is 0 Å². The van der Waals surface area contributed by atoms with Crippen LogP contribution in [0.25, 0.3) is 0 Å². The second-order valence-corrected chi connectivity index (χ2v) is 5.30. The lowest BCUT2D eigenvalue weighted by atomic mass is 10.1. The lowest BCUT2D eigenvalue weighted by Gasteiger charge is -2.08. The molecule has 2 aromatic carbocycles. The second-order valence-electron chi connectivity index (χ2n) is 4.89. The van der Waals surface area contributed by atoms with Gasteiger partial charge in [0.15, 0.2) is 0 Å². The summed E-state index contributed by atoms with van der Waals surface area (Å²) in [6.07, 6.45) is 0. The lowest BCUT2D eigenvalue weighted by Crippen LogP contribution is -2.14. The maximum atomic E-state index is 12.4. The molecular weight excluding hydrogens is 370 g/mol. The summed E-state index contributed by atoms with van der Waals surface area (Å²) in [7, 11) is 1.09. The molecule has 0 unspecified atom stereocenters. The number of anilines is 1. The Balaban J connectivity index is 2.42. The molecule has 0 saturated heterocycles. The van der Waals surface area contributed by atoms with E-state index in [-0.39, 0.29) is 27.5 Å². The Labute approximate surface area is 150 Å². The third-order valence-electron chi connectivity index (χ3n) is 3.22. The van der Waals surface area contributed by atoms with Crippen LogP contribution in [0.2, 0.25) is 5.02 Å². The minimum atomic E-state index is -0.865. The van der Waals surface area contributed by atoms with E-state index in [1.165, 1.54) is 6.07 Å². The molecule has 1 amide bonds. The van der Waals surface area contributed by atoms with Crippen molar-refractivity contribution < 1.29 is 24.2 Å². The number of nitrogens with zero attached hydrogens (tertiary/aromatic N) is 2. The zero-order chi connectivity index (χ0) is 19.4. The van der Waals surface area contributed by atoms with Crippen LogP contribution in [-0.4, -0.2) is 28.8 Å². The van der Waals surface area contributed by atoms with Gasteiger partial charge >= 0.3 is 5.97 Å². The molecule has 0 aliphatic carbocycles. The number of nitrogens with one attached hydrogen (secondary N) is 1. The number of benzene rings is 2. The molecule has 2 rings (SSSR count). The van der Waals surface area contributed by atoms with Crippen molar-refractivity contribution in [1.82, 2.24) is 0 Å². The predicted molar refractivity (Wildman–Crippen MR) is 90.5 cm³/mol. The Morgan fingerprint density at radius 3 is 2.19 bits per heavy atom. The molecule has 26 heavy (non-hydrogen) atoms. The van der Waals surface area contributed by atoms with Gasteiger partial charge in [0.1, 0.15) is 0 Å². The molecule has 1 N–H and O–H groups in total. The molecule has 11 heteroatoms. The van der Waals surface area contributed by atoms with Crippen LogP contribution < -0.4 is 5.32 Å². The third-order valence-corrected chi connectivity index (χ3v) is 3.55. The average Bonchev–Trinajstić information content (AvgIpc) is 2.62. The van der Waals surface area contributed by atoms with Crippen molar-refractivity contribution >= 4 is 40.5 Å². The van der Waals surface area contributed by atoms with E-state index in [1.807, 2.05) is 0 Å². The SMILES string of the molecule is COC(=O)c1cc(C(=O)Nc2cc([N+](=O)[O-])ccc2Cl)cc([N+](=O)[O-])c1. The summed E-state index contributed by atoms with van der Waals surface area (Å²) in [6, 6.07) is 6.43. The Morgan fingerprint density at radius 1 is 1.00 bits per heavy atom. The van der Waals surface area contributed by atoms with Gasteiger partial charge < -0.3 is 10.1 Å². The highest BCUT2D eigenvalue weighted by molar-refractivity contribution is 6.34. The minimum absolute atomic E-state index is 0.0302. The van der Waals surface area contributed by atoms with Crippen LogP contribution in [0.1, 0.15) is 20.7 Å². The van der Waals surface area contributed by atoms with Gasteiger partial charge in [0.05, 0.1) is 33.2 Å². The highest BCUT2D eigenvalue weighted by atomic mass is 35.5. The first-order valence-electron chi connectivity index (χ1n) is 6.86. The van der Waals surface area contributed by atoms with E-state index in [2.05, 4.69) is 10.1 Å². The van der Waals surface area contributed by atoms with Crippen molar-refractivity contribution in [2.75, 3.05) is 12.4 Å². The number of carbonyl (C=O) groups is 2. The zero-order valence-corrected chi connectivity index (χ0v) is 13.9. The number of methoxy groups -OCH3 is 1. The van der Waals surface area contributed by atoms with Crippen LogP contribution in [-0.2, 0) is 4.74 Å². The van der Waals surface area contributed by atoms with Crippen molar-refractivity contribution in [3.8, 4) is 0 Å². The topological polar surface area (TPSA) is 142 Å². The van der Waals surface area contributed by atoms with E-state index in [0.29, 0.717) is 0 Å². The predicted octanol–water partition coefficient (Wildman–Crippen LogP) is 3.20. The van der Waals surface area contributed by atoms with E-state index in [9.17, 15) is 29.8 Å². The summed E-state index contributed by atoms with van der Waals surface area (Å²) < 4.78 is 4.50. The number of amides is 1. The quantitative estimate of drug-likeness (QED) is 0.477. The summed E-state index contributed by atoms with van der Waals surface area (Å²) in [5.41, 5.74) is -1.28. The van der Waals surface area contributed by atoms with Crippen LogP contribution in [0, 0.1) is 20.2 Å². The Kier molecular flexibility index (Phi) is 5.48. The summed E-state index contributed by atoms with van der Waals surface area (Å²) in [5.74, 6) is -1.71. The fourth-order valence-electron chi connectivity index (χ4n) is 2.00. The number of non-ortho nitro benzene ring substituents is 2. The number of rotatable bonds is 5. The van der Waals surface area contributed by atoms with Crippen molar-refractivity contribution in [3.05, 3.63) is 72.8 Å². The van der Waals surface area contributed by atoms with Gasteiger partial charge in [0, 0.05) is 29.8 Å². The highest BCUT2D eigenvalue weighted by Crippen LogP contribution is 2.27. The van der Waals surface area contributed by atoms with E-state index in [4.69, 9.17) is 11.6 Å². The molecule has 0 saturated carbocycles. The number of carbonyl (C=O) groups excluding carboxylic acids is 2. The summed E-state index contributed by atoms with van der Waals surface area (Å²) in [4.78, 5) is 44.4. The maximum absolute atomic E-state index is 12.4. The van der Waals surface area contributed by atoms with E-state index >= 15 is 0 Å². The van der Waals surface area contributed by atoms with Gasteiger partial charge in [-0.25, -0.2) is 4.79 Å². The summed E-state index contributed by atoms with van der Waals surface area (Å²) >= 11 is 5.90. The largest absolute Gasteiger partial charge is 0.465 e. The van der Waals surface area contributed by atoms with Crippen molar-refractivity contribution in [1.29, 1.82) is 0 Å². The fraction of sp³-hybridized carbons (Fsp3) is 0.0667. The van der Waals surface area contributed by atoms with Crippen molar-refractivity contribution in [2.45, 2.75) is 0 Å². The number of hydrogen-bond acceptors (Lipinski definition) is 7. The molecule has 0 atom stereocenters. The van der Waals surface area contributed by atoms with Gasteiger partial charge in [-0.15, -0.1) is 0 Å². The van der Waals surface area contributed by atoms with Gasteiger partial charge in [-0.1, -0.05) is 11.6 Å². The molecule has 0 heterocycles. The Morgan fingerprint density at radius 2 is 1.62 bits per heavy atom. The minimum Gasteiger partial charge on any atom is -0.465 e. The molecule has 0 aliphatic rings. The molecule has 0 radical (unpaired) electrons. The molecule has 0 fully saturated rings. The molecule has 0 aromatic heterocycles. The first-order valence-corrected chi connectivity index (χ1v) is 7.24. The number of esters is 1. The molecule has 0 aliphatic heterocycles. The molecule has 134 valence electrons. The van der Waals surface area contributed by atoms with Gasteiger partial charge in [-0.3, -0.25) is 25.0 Å². The molecule has 2 aromatic rings. The van der Waals surface area contributed by atoms with Gasteiger partial charge in [-0.05, 0) is 12.1 Å². The number of halogens is 1. The van der Waals surface area contributed by atoms with Crippen molar-refractivity contribution in [2.24, 2.45) is 0 Å². The van der Waals surface area contributed by atoms with Gasteiger partial charge in [0.25, 0.3) is 17.3 Å². The fourth-order valence-corrected chi connectivity index (χ4v) is 2.17. The van der Waals surface area contributed by atoms with E-state index < -0.39 is 27.4 Å². The van der Waals surface area contributed by atoms with Crippen LogP contribution in [0.5, 0.6) is 0 Å². The molecular formula is C15H10ClN3O7. The molecule has 0 spiro atoms. The number of hydrogen-bond donors (Lipinski definition) is 1. The highest BCUT2D eigenvalue weighted by Gasteiger charge is 2.19. The zero-order valence-electron chi connectivity index (χ0n) is 13.1. The van der Waals surface area contributed by atoms with Crippen LogP contribution in [0.15, 0.2) is 36.4 Å². The maximum Gasteiger partial charge on any atom is 0.338 e. The number of ether oxygens (including phenoxy) is 1. The Hall–Kier alpha value is -3.53.